The van der Waals surface area contributed by atoms with E-state index in [1.165, 1.54) is 41.6 Å². The van der Waals surface area contributed by atoms with Gasteiger partial charge in [-0.2, -0.15) is 0 Å². The van der Waals surface area contributed by atoms with Crippen LogP contribution in [0.2, 0.25) is 0 Å². The van der Waals surface area contributed by atoms with Gasteiger partial charge in [0.1, 0.15) is 0 Å². The SMILES string of the molecule is CCOP(=O)(Cc1cc2ccccc2s1)OCC.O=C(Cc1ccc2ccccc2c1)C(c1cc2ccccc2s1)P(=O)(O)O.OCc1cc2ccccc2s1.[2HH].c1ccc2sccc2c1. The van der Waals surface area contributed by atoms with E-state index in [4.69, 9.17) is 14.2 Å². The molecule has 14 heteroatoms. The molecule has 0 aliphatic heterocycles. The molecule has 4 aromatic heterocycles. The highest BCUT2D eigenvalue weighted by Gasteiger charge is 2.38. The fourth-order valence-corrected chi connectivity index (χ4v) is 14.5. The number of hydrogen-bond acceptors (Lipinski definition) is 10. The van der Waals surface area contributed by atoms with E-state index in [0.717, 1.165) is 36.2 Å². The third-order valence-corrected chi connectivity index (χ3v) is 18.0. The molecule has 0 saturated heterocycles. The smallest absolute Gasteiger partial charge is 0.341 e. The summed E-state index contributed by atoms with van der Waals surface area (Å²) in [6, 6.07) is 53.6. The van der Waals surface area contributed by atoms with Crippen molar-refractivity contribution < 1.29 is 39.3 Å². The summed E-state index contributed by atoms with van der Waals surface area (Å²) >= 11 is 6.34. The molecule has 0 amide bonds. The number of carbonyl (C=O) groups excluding carboxylic acids is 1. The van der Waals surface area contributed by atoms with Crippen molar-refractivity contribution in [3.63, 3.8) is 0 Å². The van der Waals surface area contributed by atoms with Gasteiger partial charge in [0.25, 0.3) is 0 Å². The minimum absolute atomic E-state index is 0. The first-order chi connectivity index (χ1) is 31.4. The Bertz CT molecular complexity index is 3100. The van der Waals surface area contributed by atoms with Crippen LogP contribution in [0.15, 0.2) is 169 Å². The Labute approximate surface area is 395 Å². The molecule has 3 N–H and O–H groups in total. The van der Waals surface area contributed by atoms with E-state index in [9.17, 15) is 23.7 Å². The zero-order valence-electron chi connectivity index (χ0n) is 35.7. The number of aliphatic hydroxyl groups excluding tert-OH is 1. The molecule has 10 rings (SSSR count). The molecule has 0 aliphatic carbocycles. The second kappa shape index (κ2) is 22.7. The third-order valence-electron chi connectivity index (χ3n) is 10.0. The van der Waals surface area contributed by atoms with Crippen molar-refractivity contribution in [2.45, 2.75) is 38.7 Å². The number of rotatable bonds is 12. The lowest BCUT2D eigenvalue weighted by atomic mass is 10.0. The normalized spacial score (nSPS) is 12.0. The van der Waals surface area contributed by atoms with Crippen LogP contribution in [0.3, 0.4) is 0 Å². The highest BCUT2D eigenvalue weighted by molar-refractivity contribution is 7.54. The number of benzene rings is 6. The van der Waals surface area contributed by atoms with E-state index < -0.39 is 26.6 Å². The summed E-state index contributed by atoms with van der Waals surface area (Å²) in [4.78, 5) is 35.1. The molecule has 0 fully saturated rings. The van der Waals surface area contributed by atoms with Gasteiger partial charge in [-0.25, -0.2) is 0 Å². The zero-order chi connectivity index (χ0) is 45.8. The first kappa shape index (κ1) is 48.3. The molecule has 8 nitrogen and oxygen atoms in total. The second-order valence-corrected chi connectivity index (χ2v) is 22.9. The predicted octanol–water partition coefficient (Wildman–Crippen LogP) is 15.3. The standard InChI is InChI=1S/C21H17O4PS.C13H17O3PS.C9H8OS.C8H6S.H2/c22-18(12-14-9-10-15-5-1-2-6-16(15)11-14)21(26(23,24)25)20-13-17-7-3-4-8-19(17)27-20;1-3-15-17(14,16-4-2)10-12-9-11-7-5-6-8-13(11)18-12;10-6-8-5-7-3-1-2-4-9(7)11-8;1-2-4-8-7(3-1)5-6-9-8;/h1-11,13,21H,12H2,(H2,23,24,25);5-9H,3-4,10H2,1-2H3;1-5,10H,6H2;1-6H;1H/i;;;;1+1. The van der Waals surface area contributed by atoms with Gasteiger partial charge in [-0.3, -0.25) is 13.9 Å². The van der Waals surface area contributed by atoms with Crippen LogP contribution in [0.25, 0.3) is 51.1 Å². The van der Waals surface area contributed by atoms with Crippen molar-refractivity contribution in [2.24, 2.45) is 0 Å². The molecule has 65 heavy (non-hydrogen) atoms. The molecule has 0 spiro atoms. The number of hydrogen-bond donors (Lipinski definition) is 3. The average Bonchev–Trinajstić information content (AvgIpc) is 4.12. The summed E-state index contributed by atoms with van der Waals surface area (Å²) in [5.74, 6) is -0.467. The van der Waals surface area contributed by atoms with Crippen LogP contribution < -0.4 is 0 Å². The topological polar surface area (TPSA) is 130 Å². The number of thiophene rings is 4. The van der Waals surface area contributed by atoms with E-state index in [-0.39, 0.29) is 14.5 Å². The summed E-state index contributed by atoms with van der Waals surface area (Å²) in [5.41, 5.74) is -0.681. The molecule has 0 saturated carbocycles. The van der Waals surface area contributed by atoms with Crippen molar-refractivity contribution in [1.29, 1.82) is 0 Å². The second-order valence-electron chi connectivity index (χ2n) is 14.7. The van der Waals surface area contributed by atoms with Crippen LogP contribution in [0.4, 0.5) is 0 Å². The average molecular weight is 982 g/mol. The van der Waals surface area contributed by atoms with Gasteiger partial charge in [0, 0.05) is 41.3 Å². The number of aliphatic hydroxyl groups is 1. The molecular weight excluding hydrogens is 931 g/mol. The van der Waals surface area contributed by atoms with Crippen LogP contribution in [0, 0.1) is 0 Å². The number of carbonyl (C=O) groups is 1. The quantitative estimate of drug-likeness (QED) is 0.103. The Morgan fingerprint density at radius 1 is 0.569 bits per heavy atom. The first-order valence-corrected chi connectivity index (χ1v) is 27.6. The van der Waals surface area contributed by atoms with Crippen LogP contribution in [-0.2, 0) is 42.2 Å². The Kier molecular flexibility index (Phi) is 16.9. The van der Waals surface area contributed by atoms with Crippen LogP contribution in [0.5, 0.6) is 0 Å². The third kappa shape index (κ3) is 13.0. The zero-order valence-corrected chi connectivity index (χ0v) is 40.7. The van der Waals surface area contributed by atoms with Crippen molar-refractivity contribution in [2.75, 3.05) is 13.2 Å². The number of Topliss-reactive ketones (excluding diaryl/α,β-unsaturated/α-hetero) is 1. The van der Waals surface area contributed by atoms with E-state index in [1.807, 2.05) is 111 Å². The summed E-state index contributed by atoms with van der Waals surface area (Å²) < 4.78 is 39.9. The van der Waals surface area contributed by atoms with Gasteiger partial charge in [-0.15, -0.1) is 45.3 Å². The van der Waals surface area contributed by atoms with Gasteiger partial charge < -0.3 is 23.9 Å². The largest absolute Gasteiger partial charge is 0.391 e. The molecule has 1 unspecified atom stereocenters. The van der Waals surface area contributed by atoms with Gasteiger partial charge in [0.2, 0.25) is 0 Å². The van der Waals surface area contributed by atoms with Gasteiger partial charge in [0.15, 0.2) is 11.4 Å². The maximum absolute atomic E-state index is 12.9. The molecule has 0 bridgehead atoms. The molecule has 6 aromatic carbocycles. The first-order valence-electron chi connectivity index (χ1n) is 20.9. The van der Waals surface area contributed by atoms with E-state index in [2.05, 4.69) is 66.0 Å². The summed E-state index contributed by atoms with van der Waals surface area (Å²) in [7, 11) is -7.62. The van der Waals surface area contributed by atoms with Crippen LogP contribution in [-0.4, -0.2) is 33.9 Å². The lowest BCUT2D eigenvalue weighted by Crippen LogP contribution is -2.14. The minimum Gasteiger partial charge on any atom is -0.391 e. The van der Waals surface area contributed by atoms with Crippen molar-refractivity contribution in [3.05, 3.63) is 189 Å². The molecule has 0 aliphatic rings. The highest BCUT2D eigenvalue weighted by atomic mass is 32.1. The monoisotopic (exact) mass is 981 g/mol. The Balaban J connectivity index is 0.000000158. The summed E-state index contributed by atoms with van der Waals surface area (Å²) in [6.07, 6.45) is 0.336. The highest BCUT2D eigenvalue weighted by Crippen LogP contribution is 2.55. The molecule has 4 heterocycles. The Morgan fingerprint density at radius 3 is 1.60 bits per heavy atom. The summed E-state index contributed by atoms with van der Waals surface area (Å²) in [5, 5.41) is 17.7. The van der Waals surface area contributed by atoms with Gasteiger partial charge >= 0.3 is 15.2 Å². The maximum atomic E-state index is 12.9. The fraction of sp³-hybridized carbons (Fsp3) is 0.157. The predicted molar refractivity (Wildman–Crippen MR) is 277 cm³/mol. The van der Waals surface area contributed by atoms with Gasteiger partial charge in [0.05, 0.1) is 26.0 Å². The molecule has 1 atom stereocenters. The van der Waals surface area contributed by atoms with Crippen molar-refractivity contribution >= 4 is 117 Å². The Hall–Kier alpha value is -4.65. The minimum atomic E-state index is -4.63. The molecular formula is C51H50O8P2S4. The number of ketones is 1. The molecule has 10 aromatic rings. The molecule has 336 valence electrons. The summed E-state index contributed by atoms with van der Waals surface area (Å²) in [6.45, 7) is 4.62. The van der Waals surface area contributed by atoms with Crippen LogP contribution >= 0.6 is 60.5 Å². The lowest BCUT2D eigenvalue weighted by Gasteiger charge is -2.16. The van der Waals surface area contributed by atoms with Crippen molar-refractivity contribution in [1.82, 2.24) is 0 Å². The lowest BCUT2D eigenvalue weighted by molar-refractivity contribution is -0.118. The van der Waals surface area contributed by atoms with E-state index in [0.29, 0.717) is 24.3 Å². The maximum Gasteiger partial charge on any atom is 0.341 e. The van der Waals surface area contributed by atoms with Gasteiger partial charge in [-0.1, -0.05) is 115 Å². The van der Waals surface area contributed by atoms with Gasteiger partial charge in [-0.05, 0) is 106 Å². The Morgan fingerprint density at radius 2 is 1.06 bits per heavy atom. The number of fused-ring (bicyclic) bond motifs is 5. The van der Waals surface area contributed by atoms with Crippen molar-refractivity contribution in [3.8, 4) is 0 Å². The van der Waals surface area contributed by atoms with Crippen LogP contribution in [0.1, 0.15) is 41.1 Å². The molecule has 0 radical (unpaired) electrons. The van der Waals surface area contributed by atoms with E-state index >= 15 is 0 Å². The van der Waals surface area contributed by atoms with E-state index in [1.54, 1.807) is 40.1 Å². The fourth-order valence-electron chi connectivity index (χ4n) is 7.14.